The molecule has 1 heterocycles. The van der Waals surface area contributed by atoms with Crippen LogP contribution in [0.15, 0.2) is 46.3 Å². The van der Waals surface area contributed by atoms with E-state index in [1.54, 1.807) is 13.8 Å². The predicted molar refractivity (Wildman–Crippen MR) is 107 cm³/mol. The zero-order valence-electron chi connectivity index (χ0n) is 17.1. The second-order valence-electron chi connectivity index (χ2n) is 6.88. The number of aliphatic hydroxyl groups is 1. The molecule has 0 aliphatic heterocycles. The second-order valence-corrected chi connectivity index (χ2v) is 8.83. The number of halogens is 3. The number of nitrogen functional groups attached to an aromatic ring is 1. The quantitative estimate of drug-likeness (QED) is 0.498. The number of pyridine rings is 1. The molecule has 0 radical (unpaired) electrons. The third kappa shape index (κ3) is 7.07. The summed E-state index contributed by atoms with van der Waals surface area (Å²) in [6.45, 7) is 3.44. The minimum atomic E-state index is -4.91. The maximum absolute atomic E-state index is 12.7. The Balaban J connectivity index is 2.12. The Kier molecular flexibility index (Phi) is 8.04. The summed E-state index contributed by atoms with van der Waals surface area (Å²) in [6.07, 6.45) is -5.07. The van der Waals surface area contributed by atoms with Gasteiger partial charge in [-0.15, -0.1) is 13.2 Å². The van der Waals surface area contributed by atoms with Gasteiger partial charge in [0, 0.05) is 12.7 Å². The summed E-state index contributed by atoms with van der Waals surface area (Å²) in [4.78, 5) is 15.3. The molecular weight excluding hydrogens is 455 g/mol. The molecule has 0 aliphatic carbocycles. The minimum absolute atomic E-state index is 0.00480. The number of nitrogens with one attached hydrogen (secondary N) is 1. The molecule has 1 unspecified atom stereocenters. The molecular formula is C19H22F3N3O6S. The Morgan fingerprint density at radius 1 is 1.22 bits per heavy atom. The summed E-state index contributed by atoms with van der Waals surface area (Å²) in [5.74, 6) is -1.31. The average Bonchev–Trinajstić information content (AvgIpc) is 2.69. The molecule has 2 aromatic rings. The van der Waals surface area contributed by atoms with Crippen LogP contribution in [0.1, 0.15) is 24.3 Å². The number of hydrogen-bond donors (Lipinski definition) is 3. The van der Waals surface area contributed by atoms with Gasteiger partial charge in [-0.05, 0) is 44.2 Å². The van der Waals surface area contributed by atoms with E-state index >= 15 is 0 Å². The summed E-state index contributed by atoms with van der Waals surface area (Å²) in [5, 5.41) is 12.2. The first-order chi connectivity index (χ1) is 14.8. The number of amides is 1. The number of nitrogens with zero attached hydrogens (tertiary/aromatic N) is 1. The molecule has 1 aromatic carbocycles. The standard InChI is InChI=1S/C19H22F3N3O6S/c1-11(2)30-10-12(26)8-25-18(27)17-16(23)7-15(9-24-17)32(28,29)14-5-3-13(4-6-14)31-19(20,21)22/h3-7,9,11-12,26H,8,10,23H2,1-2H3,(H,25,27). The smallest absolute Gasteiger partial charge is 0.406 e. The second kappa shape index (κ2) is 10.1. The van der Waals surface area contributed by atoms with Crippen LogP contribution in [0.2, 0.25) is 0 Å². The lowest BCUT2D eigenvalue weighted by atomic mass is 10.2. The first kappa shape index (κ1) is 25.4. The molecule has 0 aliphatic rings. The van der Waals surface area contributed by atoms with Crippen molar-refractivity contribution >= 4 is 21.4 Å². The van der Waals surface area contributed by atoms with Gasteiger partial charge in [-0.3, -0.25) is 4.79 Å². The van der Waals surface area contributed by atoms with Gasteiger partial charge in [0.05, 0.1) is 34.3 Å². The molecule has 1 amide bonds. The van der Waals surface area contributed by atoms with Gasteiger partial charge in [0.25, 0.3) is 5.91 Å². The fourth-order valence-electron chi connectivity index (χ4n) is 2.41. The van der Waals surface area contributed by atoms with Crippen LogP contribution in [0.4, 0.5) is 18.9 Å². The van der Waals surface area contributed by atoms with Crippen molar-refractivity contribution in [3.05, 3.63) is 42.2 Å². The number of sulfone groups is 1. The molecule has 9 nitrogen and oxygen atoms in total. The average molecular weight is 477 g/mol. The molecule has 32 heavy (non-hydrogen) atoms. The molecule has 4 N–H and O–H groups in total. The highest BCUT2D eigenvalue weighted by molar-refractivity contribution is 7.91. The van der Waals surface area contributed by atoms with Gasteiger partial charge < -0.3 is 25.6 Å². The van der Waals surface area contributed by atoms with Gasteiger partial charge in [-0.1, -0.05) is 0 Å². The Morgan fingerprint density at radius 2 is 1.84 bits per heavy atom. The van der Waals surface area contributed by atoms with Gasteiger partial charge in [0.2, 0.25) is 9.84 Å². The van der Waals surface area contributed by atoms with Crippen LogP contribution in [-0.4, -0.2) is 56.1 Å². The van der Waals surface area contributed by atoms with Crippen molar-refractivity contribution in [2.75, 3.05) is 18.9 Å². The Hall–Kier alpha value is -2.90. The number of nitrogens with two attached hydrogens (primary N) is 1. The molecule has 0 saturated heterocycles. The molecule has 13 heteroatoms. The van der Waals surface area contributed by atoms with Crippen LogP contribution in [0.5, 0.6) is 5.75 Å². The summed E-state index contributed by atoms with van der Waals surface area (Å²) in [5.41, 5.74) is 5.28. The number of aliphatic hydroxyl groups excluding tert-OH is 1. The fraction of sp³-hybridized carbons (Fsp3) is 0.368. The SMILES string of the molecule is CC(C)OCC(O)CNC(=O)c1ncc(S(=O)(=O)c2ccc(OC(F)(F)F)cc2)cc1N. The number of benzene rings is 1. The van der Waals surface area contributed by atoms with Crippen LogP contribution in [0.25, 0.3) is 0 Å². The number of carbonyl (C=O) groups excluding carboxylic acids is 1. The van der Waals surface area contributed by atoms with E-state index in [0.717, 1.165) is 36.5 Å². The van der Waals surface area contributed by atoms with Crippen LogP contribution >= 0.6 is 0 Å². The van der Waals surface area contributed by atoms with Gasteiger partial charge in [-0.2, -0.15) is 0 Å². The Bertz CT molecular complexity index is 1040. The number of alkyl halides is 3. The molecule has 0 bridgehead atoms. The lowest BCUT2D eigenvalue weighted by Crippen LogP contribution is -2.35. The predicted octanol–water partition coefficient (Wildman–Crippen LogP) is 1.91. The van der Waals surface area contributed by atoms with E-state index in [2.05, 4.69) is 15.0 Å². The topological polar surface area (TPSA) is 141 Å². The fourth-order valence-corrected chi connectivity index (χ4v) is 3.65. The largest absolute Gasteiger partial charge is 0.573 e. The Labute approximate surface area is 182 Å². The van der Waals surface area contributed by atoms with Gasteiger partial charge in [-0.25, -0.2) is 13.4 Å². The molecule has 1 aromatic heterocycles. The highest BCUT2D eigenvalue weighted by Gasteiger charge is 2.31. The first-order valence-electron chi connectivity index (χ1n) is 9.24. The van der Waals surface area contributed by atoms with Crippen molar-refractivity contribution in [3.8, 4) is 5.75 Å². The number of hydrogen-bond acceptors (Lipinski definition) is 8. The van der Waals surface area contributed by atoms with Crippen LogP contribution in [-0.2, 0) is 14.6 Å². The molecule has 2 rings (SSSR count). The lowest BCUT2D eigenvalue weighted by Gasteiger charge is -2.14. The number of aromatic nitrogens is 1. The van der Waals surface area contributed by atoms with Gasteiger partial charge >= 0.3 is 6.36 Å². The Morgan fingerprint density at radius 3 is 2.38 bits per heavy atom. The summed E-state index contributed by atoms with van der Waals surface area (Å²) in [6, 6.07) is 4.60. The van der Waals surface area contributed by atoms with Crippen molar-refractivity contribution < 1.29 is 41.0 Å². The zero-order chi connectivity index (χ0) is 24.1. The van der Waals surface area contributed by atoms with Crippen LogP contribution in [0, 0.1) is 0 Å². The van der Waals surface area contributed by atoms with Crippen molar-refractivity contribution in [2.45, 2.75) is 42.2 Å². The first-order valence-corrected chi connectivity index (χ1v) is 10.7. The molecule has 1 atom stereocenters. The minimum Gasteiger partial charge on any atom is -0.406 e. The molecule has 0 fully saturated rings. The molecule has 0 spiro atoms. The number of carbonyl (C=O) groups is 1. The molecule has 176 valence electrons. The van der Waals surface area contributed by atoms with Crippen molar-refractivity contribution in [2.24, 2.45) is 0 Å². The van der Waals surface area contributed by atoms with E-state index in [0.29, 0.717) is 0 Å². The highest BCUT2D eigenvalue weighted by Crippen LogP contribution is 2.27. The summed E-state index contributed by atoms with van der Waals surface area (Å²) < 4.78 is 71.1. The van der Waals surface area contributed by atoms with E-state index in [4.69, 9.17) is 10.5 Å². The van der Waals surface area contributed by atoms with Gasteiger partial charge in [0.15, 0.2) is 5.69 Å². The third-order valence-corrected chi connectivity index (χ3v) is 5.64. The monoisotopic (exact) mass is 477 g/mol. The third-order valence-electron chi connectivity index (χ3n) is 3.91. The van der Waals surface area contributed by atoms with Crippen LogP contribution in [0.3, 0.4) is 0 Å². The zero-order valence-corrected chi connectivity index (χ0v) is 17.9. The summed E-state index contributed by atoms with van der Waals surface area (Å²) >= 11 is 0. The van der Waals surface area contributed by atoms with Gasteiger partial charge in [0.1, 0.15) is 5.75 Å². The lowest BCUT2D eigenvalue weighted by molar-refractivity contribution is -0.274. The van der Waals surface area contributed by atoms with Crippen molar-refractivity contribution in [3.63, 3.8) is 0 Å². The maximum Gasteiger partial charge on any atom is 0.573 e. The number of anilines is 1. The normalized spacial score (nSPS) is 13.1. The van der Waals surface area contributed by atoms with Crippen molar-refractivity contribution in [1.82, 2.24) is 10.3 Å². The number of rotatable bonds is 9. The van der Waals surface area contributed by atoms with Crippen molar-refractivity contribution in [1.29, 1.82) is 0 Å². The van der Waals surface area contributed by atoms with E-state index < -0.39 is 34.0 Å². The van der Waals surface area contributed by atoms with Crippen LogP contribution < -0.4 is 15.8 Å². The number of ether oxygens (including phenoxy) is 2. The highest BCUT2D eigenvalue weighted by atomic mass is 32.2. The van der Waals surface area contributed by atoms with E-state index in [-0.39, 0.29) is 40.4 Å². The summed E-state index contributed by atoms with van der Waals surface area (Å²) in [7, 11) is -4.17. The maximum atomic E-state index is 12.7. The van der Waals surface area contributed by atoms with E-state index in [9.17, 15) is 31.5 Å². The molecule has 0 saturated carbocycles. The van der Waals surface area contributed by atoms with E-state index in [1.807, 2.05) is 0 Å². The van der Waals surface area contributed by atoms with E-state index in [1.165, 1.54) is 0 Å².